The number of Topliss-reactive ketones (excluding diaryl/α,β-unsaturated/α-hetero) is 1. The average molecular weight is 180 g/mol. The lowest BCUT2D eigenvalue weighted by molar-refractivity contribution is -0.154. The molecule has 0 heterocycles. The zero-order valence-electron chi connectivity index (χ0n) is 8.64. The van der Waals surface area contributed by atoms with E-state index in [4.69, 9.17) is 0 Å². The smallest absolute Gasteiger partial charge is 0.139 e. The van der Waals surface area contributed by atoms with Gasteiger partial charge in [0, 0.05) is 11.8 Å². The van der Waals surface area contributed by atoms with Crippen molar-refractivity contribution in [2.24, 2.45) is 11.3 Å². The predicted molar refractivity (Wildman–Crippen MR) is 53.5 cm³/mol. The SMILES string of the molecule is CCCCCC(=O)C12CCC1CC2. The van der Waals surface area contributed by atoms with Gasteiger partial charge in [0.05, 0.1) is 0 Å². The van der Waals surface area contributed by atoms with E-state index in [2.05, 4.69) is 6.92 Å². The van der Waals surface area contributed by atoms with Gasteiger partial charge in [-0.25, -0.2) is 0 Å². The van der Waals surface area contributed by atoms with Crippen molar-refractivity contribution >= 4 is 5.78 Å². The lowest BCUT2D eigenvalue weighted by atomic mass is 9.46. The van der Waals surface area contributed by atoms with Crippen LogP contribution in [0.25, 0.3) is 0 Å². The quantitative estimate of drug-likeness (QED) is 0.593. The Hall–Kier alpha value is -0.330. The maximum Gasteiger partial charge on any atom is 0.139 e. The fourth-order valence-electron chi connectivity index (χ4n) is 2.95. The van der Waals surface area contributed by atoms with Crippen LogP contribution in [-0.2, 0) is 4.79 Å². The Morgan fingerprint density at radius 1 is 1.31 bits per heavy atom. The first-order valence-electron chi connectivity index (χ1n) is 5.83. The van der Waals surface area contributed by atoms with Crippen molar-refractivity contribution in [3.8, 4) is 0 Å². The molecule has 0 saturated heterocycles. The van der Waals surface area contributed by atoms with Crippen LogP contribution in [0.5, 0.6) is 0 Å². The Morgan fingerprint density at radius 3 is 2.38 bits per heavy atom. The second kappa shape index (κ2) is 3.43. The summed E-state index contributed by atoms with van der Waals surface area (Å²) >= 11 is 0. The third-order valence-electron chi connectivity index (χ3n) is 4.22. The molecule has 1 nitrogen and oxygen atoms in total. The van der Waals surface area contributed by atoms with E-state index in [0.29, 0.717) is 5.78 Å². The van der Waals surface area contributed by atoms with Crippen LogP contribution in [0.3, 0.4) is 0 Å². The van der Waals surface area contributed by atoms with E-state index < -0.39 is 0 Å². The van der Waals surface area contributed by atoms with Gasteiger partial charge in [0.25, 0.3) is 0 Å². The van der Waals surface area contributed by atoms with Gasteiger partial charge in [0.2, 0.25) is 0 Å². The molecule has 0 bridgehead atoms. The van der Waals surface area contributed by atoms with Crippen molar-refractivity contribution < 1.29 is 4.79 Å². The largest absolute Gasteiger partial charge is 0.299 e. The molecule has 0 aliphatic heterocycles. The third-order valence-corrected chi connectivity index (χ3v) is 4.22. The molecule has 74 valence electrons. The second-order valence-corrected chi connectivity index (χ2v) is 4.81. The summed E-state index contributed by atoms with van der Waals surface area (Å²) in [6.45, 7) is 2.19. The summed E-state index contributed by atoms with van der Waals surface area (Å²) in [6, 6.07) is 0. The van der Waals surface area contributed by atoms with Gasteiger partial charge in [0.1, 0.15) is 5.78 Å². The molecule has 0 aromatic heterocycles. The first kappa shape index (κ1) is 9.23. The van der Waals surface area contributed by atoms with Crippen LogP contribution in [0.2, 0.25) is 0 Å². The van der Waals surface area contributed by atoms with E-state index in [1.165, 1.54) is 38.5 Å². The third kappa shape index (κ3) is 1.33. The molecule has 0 aromatic carbocycles. The molecule has 0 amide bonds. The summed E-state index contributed by atoms with van der Waals surface area (Å²) in [7, 11) is 0. The number of ketones is 1. The maximum atomic E-state index is 11.9. The van der Waals surface area contributed by atoms with E-state index >= 15 is 0 Å². The van der Waals surface area contributed by atoms with E-state index in [0.717, 1.165) is 18.8 Å². The van der Waals surface area contributed by atoms with E-state index in [1.807, 2.05) is 0 Å². The minimum absolute atomic E-state index is 0.230. The molecular weight excluding hydrogens is 160 g/mol. The Morgan fingerprint density at radius 2 is 2.00 bits per heavy atom. The zero-order valence-corrected chi connectivity index (χ0v) is 8.64. The van der Waals surface area contributed by atoms with Crippen LogP contribution >= 0.6 is 0 Å². The standard InChI is InChI=1S/C12H20O/c1-2-3-4-5-11(13)12-8-6-10(12)7-9-12/h10H,2-9H2,1H3. The van der Waals surface area contributed by atoms with Gasteiger partial charge in [-0.15, -0.1) is 0 Å². The van der Waals surface area contributed by atoms with Crippen molar-refractivity contribution in [1.82, 2.24) is 0 Å². The number of carbonyl (C=O) groups is 1. The highest BCUT2D eigenvalue weighted by atomic mass is 16.1. The predicted octanol–water partition coefficient (Wildman–Crippen LogP) is 3.33. The van der Waals surface area contributed by atoms with Crippen molar-refractivity contribution in [1.29, 1.82) is 0 Å². The van der Waals surface area contributed by atoms with E-state index in [9.17, 15) is 4.79 Å². The number of rotatable bonds is 5. The lowest BCUT2D eigenvalue weighted by Gasteiger charge is -2.57. The van der Waals surface area contributed by atoms with Crippen LogP contribution in [0.15, 0.2) is 0 Å². The summed E-state index contributed by atoms with van der Waals surface area (Å²) < 4.78 is 0. The second-order valence-electron chi connectivity index (χ2n) is 4.81. The Balaban J connectivity index is 1.77. The van der Waals surface area contributed by atoms with E-state index in [1.54, 1.807) is 0 Å². The van der Waals surface area contributed by atoms with Crippen LogP contribution in [0.1, 0.15) is 58.3 Å². The summed E-state index contributed by atoms with van der Waals surface area (Å²) in [6.07, 6.45) is 9.54. The number of hydrogen-bond acceptors (Lipinski definition) is 1. The van der Waals surface area contributed by atoms with Gasteiger partial charge in [-0.1, -0.05) is 19.8 Å². The molecule has 2 aliphatic carbocycles. The van der Waals surface area contributed by atoms with Crippen LogP contribution in [-0.4, -0.2) is 5.78 Å². The monoisotopic (exact) mass is 180 g/mol. The molecule has 0 N–H and O–H groups in total. The average Bonchev–Trinajstić information content (AvgIpc) is 2.11. The summed E-state index contributed by atoms with van der Waals surface area (Å²) in [5, 5.41) is 0. The van der Waals surface area contributed by atoms with Gasteiger partial charge < -0.3 is 0 Å². The van der Waals surface area contributed by atoms with Gasteiger partial charge in [-0.2, -0.15) is 0 Å². The van der Waals surface area contributed by atoms with Crippen molar-refractivity contribution in [2.75, 3.05) is 0 Å². The molecule has 2 saturated carbocycles. The molecule has 1 heteroatoms. The molecule has 2 aliphatic rings. The lowest BCUT2D eigenvalue weighted by Crippen LogP contribution is -2.54. The van der Waals surface area contributed by atoms with E-state index in [-0.39, 0.29) is 5.41 Å². The molecule has 0 spiro atoms. The maximum absolute atomic E-state index is 11.9. The molecule has 0 atom stereocenters. The Labute approximate surface area is 80.9 Å². The van der Waals surface area contributed by atoms with Gasteiger partial charge in [0.15, 0.2) is 0 Å². The van der Waals surface area contributed by atoms with Gasteiger partial charge in [-0.3, -0.25) is 4.79 Å². The Bertz CT molecular complexity index is 199. The molecule has 0 radical (unpaired) electrons. The van der Waals surface area contributed by atoms with Crippen molar-refractivity contribution in [3.63, 3.8) is 0 Å². The number of carbonyl (C=O) groups excluding carboxylic acids is 1. The first-order valence-corrected chi connectivity index (χ1v) is 5.83. The Kier molecular flexibility index (Phi) is 2.44. The highest BCUT2D eigenvalue weighted by Crippen LogP contribution is 2.61. The molecule has 2 fully saturated rings. The minimum Gasteiger partial charge on any atom is -0.299 e. The first-order chi connectivity index (χ1) is 6.29. The highest BCUT2D eigenvalue weighted by molar-refractivity contribution is 5.87. The highest BCUT2D eigenvalue weighted by Gasteiger charge is 2.57. The molecule has 2 rings (SSSR count). The number of unbranched alkanes of at least 4 members (excludes halogenated alkanes) is 2. The molecule has 0 unspecified atom stereocenters. The van der Waals surface area contributed by atoms with Crippen molar-refractivity contribution in [3.05, 3.63) is 0 Å². The molecule has 13 heavy (non-hydrogen) atoms. The molecular formula is C12H20O. The normalized spacial score (nSPS) is 35.9. The van der Waals surface area contributed by atoms with Gasteiger partial charge in [-0.05, 0) is 38.0 Å². The van der Waals surface area contributed by atoms with Crippen LogP contribution in [0, 0.1) is 11.3 Å². The number of fused-ring (bicyclic) bond motifs is 1. The molecule has 0 aromatic rings. The topological polar surface area (TPSA) is 17.1 Å². The fraction of sp³-hybridized carbons (Fsp3) is 0.917. The summed E-state index contributed by atoms with van der Waals surface area (Å²) in [4.78, 5) is 11.9. The fourth-order valence-corrected chi connectivity index (χ4v) is 2.95. The van der Waals surface area contributed by atoms with Crippen LogP contribution in [0.4, 0.5) is 0 Å². The minimum atomic E-state index is 0.230. The number of hydrogen-bond donors (Lipinski definition) is 0. The summed E-state index contributed by atoms with van der Waals surface area (Å²) in [5.74, 6) is 1.41. The van der Waals surface area contributed by atoms with Gasteiger partial charge >= 0.3 is 0 Å². The zero-order chi connectivity index (χ0) is 9.31. The summed E-state index contributed by atoms with van der Waals surface area (Å²) in [5.41, 5.74) is 0.230. The van der Waals surface area contributed by atoms with Crippen molar-refractivity contribution in [2.45, 2.75) is 58.3 Å². The van der Waals surface area contributed by atoms with Crippen LogP contribution < -0.4 is 0 Å².